The van der Waals surface area contributed by atoms with E-state index in [0.717, 1.165) is 16.8 Å². The number of ether oxygens (including phenoxy) is 2. The lowest BCUT2D eigenvalue weighted by Crippen LogP contribution is -2.06. The van der Waals surface area contributed by atoms with E-state index in [1.807, 2.05) is 43.3 Å². The van der Waals surface area contributed by atoms with Gasteiger partial charge in [0.1, 0.15) is 12.4 Å². The third kappa shape index (κ3) is 4.72. The molecule has 3 rings (SSSR count). The Morgan fingerprint density at radius 3 is 2.52 bits per heavy atom. The summed E-state index contributed by atoms with van der Waals surface area (Å²) in [5.41, 5.74) is 3.33. The zero-order valence-corrected chi connectivity index (χ0v) is 16.0. The molecule has 0 bridgehead atoms. The highest BCUT2D eigenvalue weighted by Gasteiger charge is 2.12. The molecular weight excluding hydrogens is 365 g/mol. The Morgan fingerprint density at radius 1 is 1.00 bits per heavy atom. The minimum Gasteiger partial charge on any atom is -0.493 e. The first-order chi connectivity index (χ1) is 13.1. The molecule has 0 spiro atoms. The molecule has 27 heavy (non-hydrogen) atoms. The van der Waals surface area contributed by atoms with Crippen molar-refractivity contribution in [2.24, 2.45) is 0 Å². The number of hydrogen-bond donors (Lipinski definition) is 1. The average molecular weight is 386 g/mol. The Bertz CT molecular complexity index is 930. The van der Waals surface area contributed by atoms with Crippen molar-refractivity contribution in [3.63, 3.8) is 0 Å². The molecule has 0 amide bonds. The molecule has 0 radical (unpaired) electrons. The van der Waals surface area contributed by atoms with Gasteiger partial charge in [0, 0.05) is 28.4 Å². The topological polar surface area (TPSA) is 30.5 Å². The largest absolute Gasteiger partial charge is 0.493 e. The molecule has 0 aliphatic carbocycles. The summed E-state index contributed by atoms with van der Waals surface area (Å²) >= 11 is 6.19. The molecule has 0 saturated carbocycles. The fourth-order valence-electron chi connectivity index (χ4n) is 2.69. The van der Waals surface area contributed by atoms with E-state index in [9.17, 15) is 4.39 Å². The van der Waals surface area contributed by atoms with Crippen LogP contribution < -0.4 is 14.8 Å². The van der Waals surface area contributed by atoms with Gasteiger partial charge in [-0.1, -0.05) is 48.0 Å². The van der Waals surface area contributed by atoms with Gasteiger partial charge >= 0.3 is 0 Å². The van der Waals surface area contributed by atoms with Gasteiger partial charge in [-0.25, -0.2) is 4.39 Å². The summed E-state index contributed by atoms with van der Waals surface area (Å²) in [7, 11) is 1.59. The van der Waals surface area contributed by atoms with Crippen LogP contribution in [0, 0.1) is 12.7 Å². The summed E-state index contributed by atoms with van der Waals surface area (Å²) in [5, 5.41) is 4.05. The Morgan fingerprint density at radius 2 is 1.78 bits per heavy atom. The lowest BCUT2D eigenvalue weighted by atomic mass is 10.1. The van der Waals surface area contributed by atoms with Gasteiger partial charge in [0.2, 0.25) is 0 Å². The average Bonchev–Trinajstić information content (AvgIpc) is 2.68. The maximum atomic E-state index is 13.9. The van der Waals surface area contributed by atoms with Crippen LogP contribution in [0.5, 0.6) is 11.5 Å². The minimum atomic E-state index is -0.290. The molecule has 0 heterocycles. The van der Waals surface area contributed by atoms with Gasteiger partial charge in [-0.2, -0.15) is 0 Å². The molecular formula is C22H21ClFNO2. The highest BCUT2D eigenvalue weighted by Crippen LogP contribution is 2.33. The van der Waals surface area contributed by atoms with Gasteiger partial charge in [-0.3, -0.25) is 0 Å². The van der Waals surface area contributed by atoms with Crippen LogP contribution in [0.1, 0.15) is 16.7 Å². The van der Waals surface area contributed by atoms with Crippen LogP contribution in [0.15, 0.2) is 60.7 Å². The number of aryl methyl sites for hydroxylation is 1. The molecule has 0 unspecified atom stereocenters. The first-order valence-corrected chi connectivity index (χ1v) is 8.98. The Hall–Kier alpha value is -2.72. The number of benzene rings is 3. The predicted molar refractivity (Wildman–Crippen MR) is 107 cm³/mol. The van der Waals surface area contributed by atoms with Crippen LogP contribution in [0.2, 0.25) is 5.02 Å². The standard InChI is InChI=1S/C22H21ClFNO2/c1-15-10-11-18(12-19(15)23)25-13-16-7-5-9-21(26-2)22(16)27-14-17-6-3-4-8-20(17)24/h3-12,25H,13-14H2,1-2H3. The molecule has 0 aliphatic heterocycles. The maximum Gasteiger partial charge on any atom is 0.166 e. The second-order valence-corrected chi connectivity index (χ2v) is 6.55. The molecule has 140 valence electrons. The molecule has 0 saturated heterocycles. The lowest BCUT2D eigenvalue weighted by molar-refractivity contribution is 0.277. The van der Waals surface area contributed by atoms with Crippen molar-refractivity contribution in [2.75, 3.05) is 12.4 Å². The molecule has 3 aromatic carbocycles. The summed E-state index contributed by atoms with van der Waals surface area (Å²) in [6.45, 7) is 2.60. The second kappa shape index (κ2) is 8.78. The van der Waals surface area contributed by atoms with E-state index in [2.05, 4.69) is 5.32 Å². The zero-order valence-electron chi connectivity index (χ0n) is 15.3. The zero-order chi connectivity index (χ0) is 19.2. The third-order valence-electron chi connectivity index (χ3n) is 4.27. The SMILES string of the molecule is COc1cccc(CNc2ccc(C)c(Cl)c2)c1OCc1ccccc1F. The number of halogens is 2. The molecule has 5 heteroatoms. The smallest absolute Gasteiger partial charge is 0.166 e. The lowest BCUT2D eigenvalue weighted by Gasteiger charge is -2.16. The minimum absolute atomic E-state index is 0.121. The van der Waals surface area contributed by atoms with Crippen molar-refractivity contribution >= 4 is 17.3 Å². The Kier molecular flexibility index (Phi) is 6.20. The van der Waals surface area contributed by atoms with Crippen molar-refractivity contribution in [3.8, 4) is 11.5 Å². The summed E-state index contributed by atoms with van der Waals surface area (Å²) in [6.07, 6.45) is 0. The quantitative estimate of drug-likeness (QED) is 0.542. The summed E-state index contributed by atoms with van der Waals surface area (Å²) in [5.74, 6) is 0.905. The highest BCUT2D eigenvalue weighted by molar-refractivity contribution is 6.31. The monoisotopic (exact) mass is 385 g/mol. The second-order valence-electron chi connectivity index (χ2n) is 6.15. The van der Waals surface area contributed by atoms with Crippen molar-refractivity contribution < 1.29 is 13.9 Å². The van der Waals surface area contributed by atoms with E-state index in [-0.39, 0.29) is 12.4 Å². The van der Waals surface area contributed by atoms with E-state index in [0.29, 0.717) is 28.6 Å². The number of anilines is 1. The van der Waals surface area contributed by atoms with Gasteiger partial charge in [0.15, 0.2) is 11.5 Å². The molecule has 0 fully saturated rings. The van der Waals surface area contributed by atoms with Crippen LogP contribution in [-0.4, -0.2) is 7.11 Å². The van der Waals surface area contributed by atoms with Crippen molar-refractivity contribution in [2.45, 2.75) is 20.1 Å². The molecule has 1 N–H and O–H groups in total. The van der Waals surface area contributed by atoms with E-state index >= 15 is 0 Å². The number of methoxy groups -OCH3 is 1. The van der Waals surface area contributed by atoms with E-state index < -0.39 is 0 Å². The molecule has 3 aromatic rings. The van der Waals surface area contributed by atoms with Crippen molar-refractivity contribution in [1.29, 1.82) is 0 Å². The van der Waals surface area contributed by atoms with Gasteiger partial charge in [0.25, 0.3) is 0 Å². The van der Waals surface area contributed by atoms with Crippen LogP contribution >= 0.6 is 11.6 Å². The summed E-state index contributed by atoms with van der Waals surface area (Å²) < 4.78 is 25.2. The Labute approximate surface area is 163 Å². The number of rotatable bonds is 7. The number of para-hydroxylation sites is 1. The van der Waals surface area contributed by atoms with E-state index in [1.54, 1.807) is 25.3 Å². The van der Waals surface area contributed by atoms with Crippen molar-refractivity contribution in [3.05, 3.63) is 88.2 Å². The molecule has 0 aliphatic rings. The maximum absolute atomic E-state index is 13.9. The summed E-state index contributed by atoms with van der Waals surface area (Å²) in [4.78, 5) is 0. The van der Waals surface area contributed by atoms with Gasteiger partial charge < -0.3 is 14.8 Å². The van der Waals surface area contributed by atoms with Crippen LogP contribution in [0.4, 0.5) is 10.1 Å². The summed E-state index contributed by atoms with van der Waals surface area (Å²) in [6, 6.07) is 18.1. The normalized spacial score (nSPS) is 10.5. The number of nitrogens with one attached hydrogen (secondary N) is 1. The molecule has 3 nitrogen and oxygen atoms in total. The fourth-order valence-corrected chi connectivity index (χ4v) is 2.87. The van der Waals surface area contributed by atoms with Crippen LogP contribution in [-0.2, 0) is 13.2 Å². The van der Waals surface area contributed by atoms with Crippen LogP contribution in [0.3, 0.4) is 0 Å². The highest BCUT2D eigenvalue weighted by atomic mass is 35.5. The van der Waals surface area contributed by atoms with Gasteiger partial charge in [0.05, 0.1) is 7.11 Å². The Balaban J connectivity index is 1.78. The molecule has 0 aromatic heterocycles. The predicted octanol–water partition coefficient (Wildman–Crippen LogP) is 5.99. The fraction of sp³-hybridized carbons (Fsp3) is 0.182. The first-order valence-electron chi connectivity index (χ1n) is 8.60. The molecule has 0 atom stereocenters. The van der Waals surface area contributed by atoms with E-state index in [1.165, 1.54) is 6.07 Å². The van der Waals surface area contributed by atoms with Gasteiger partial charge in [-0.05, 0) is 36.8 Å². The third-order valence-corrected chi connectivity index (χ3v) is 4.67. The van der Waals surface area contributed by atoms with Crippen LogP contribution in [0.25, 0.3) is 0 Å². The van der Waals surface area contributed by atoms with Crippen molar-refractivity contribution in [1.82, 2.24) is 0 Å². The number of hydrogen-bond acceptors (Lipinski definition) is 3. The van der Waals surface area contributed by atoms with E-state index in [4.69, 9.17) is 21.1 Å². The first kappa shape index (κ1) is 19.1. The van der Waals surface area contributed by atoms with Gasteiger partial charge in [-0.15, -0.1) is 0 Å².